The van der Waals surface area contributed by atoms with E-state index in [9.17, 15) is 14.7 Å². The Bertz CT molecular complexity index is 1330. The van der Waals surface area contributed by atoms with E-state index in [-0.39, 0.29) is 29.8 Å². The van der Waals surface area contributed by atoms with Crippen LogP contribution in [-0.4, -0.2) is 55.9 Å². The lowest BCUT2D eigenvalue weighted by Crippen LogP contribution is -2.40. The molecule has 0 aliphatic heterocycles. The van der Waals surface area contributed by atoms with E-state index in [1.54, 1.807) is 31.3 Å². The Kier molecular flexibility index (Phi) is 10.7. The summed E-state index contributed by atoms with van der Waals surface area (Å²) in [6.45, 7) is 13.4. The van der Waals surface area contributed by atoms with Crippen molar-refractivity contribution >= 4 is 31.5 Å². The van der Waals surface area contributed by atoms with Crippen molar-refractivity contribution in [1.29, 1.82) is 0 Å². The van der Waals surface area contributed by atoms with Crippen molar-refractivity contribution in [2.75, 3.05) is 20.8 Å². The number of nitrogens with zero attached hydrogens (tertiary/aromatic N) is 2. The maximum Gasteiger partial charge on any atom is 0.355 e. The monoisotopic (exact) mass is 598 g/mol. The quantitative estimate of drug-likeness (QED) is 0.212. The van der Waals surface area contributed by atoms with E-state index in [1.165, 1.54) is 16.9 Å². The van der Waals surface area contributed by atoms with Crippen molar-refractivity contribution in [2.45, 2.75) is 71.8 Å². The van der Waals surface area contributed by atoms with Crippen LogP contribution in [0.3, 0.4) is 0 Å². The van der Waals surface area contributed by atoms with Crippen LogP contribution < -0.4 is 9.47 Å². The molecule has 0 unspecified atom stereocenters. The van der Waals surface area contributed by atoms with Crippen LogP contribution in [0.25, 0.3) is 0 Å². The van der Waals surface area contributed by atoms with Gasteiger partial charge in [-0.1, -0.05) is 51.1 Å². The van der Waals surface area contributed by atoms with Crippen LogP contribution in [0.15, 0.2) is 42.5 Å². The van der Waals surface area contributed by atoms with Gasteiger partial charge in [0, 0.05) is 24.3 Å². The molecule has 223 valence electrons. The van der Waals surface area contributed by atoms with Crippen LogP contribution in [0.4, 0.5) is 0 Å². The van der Waals surface area contributed by atoms with E-state index in [0.717, 1.165) is 18.4 Å². The fourth-order valence-corrected chi connectivity index (χ4v) is 6.15. The number of aromatic carboxylic acids is 1. The summed E-state index contributed by atoms with van der Waals surface area (Å²) in [5, 5.41) is 10.4. The van der Waals surface area contributed by atoms with Gasteiger partial charge in [0.2, 0.25) is 0 Å². The molecule has 41 heavy (non-hydrogen) atoms. The predicted molar refractivity (Wildman–Crippen MR) is 165 cm³/mol. The Labute approximate surface area is 248 Å². The van der Waals surface area contributed by atoms with Crippen molar-refractivity contribution in [3.8, 4) is 11.5 Å². The summed E-state index contributed by atoms with van der Waals surface area (Å²) in [6, 6.07) is 13.5. The molecule has 0 bridgehead atoms. The van der Waals surface area contributed by atoms with E-state index in [4.69, 9.17) is 13.9 Å². The van der Waals surface area contributed by atoms with Gasteiger partial charge >= 0.3 is 5.97 Å². The summed E-state index contributed by atoms with van der Waals surface area (Å²) in [7, 11) is 1.01. The first-order valence-corrected chi connectivity index (χ1v) is 17.4. The number of hydrogen-bond donors (Lipinski definition) is 1. The van der Waals surface area contributed by atoms with Crippen LogP contribution in [-0.2, 0) is 24.0 Å². The van der Waals surface area contributed by atoms with Crippen molar-refractivity contribution in [3.05, 3.63) is 74.7 Å². The van der Waals surface area contributed by atoms with E-state index >= 15 is 0 Å². The van der Waals surface area contributed by atoms with Gasteiger partial charge in [-0.3, -0.25) is 4.79 Å². The molecule has 0 spiro atoms. The van der Waals surface area contributed by atoms with E-state index in [0.29, 0.717) is 33.5 Å². The highest BCUT2D eigenvalue weighted by atomic mass is 32.1. The number of hydrogen-bond acceptors (Lipinski definition) is 7. The lowest BCUT2D eigenvalue weighted by molar-refractivity contribution is 0.0688. The molecule has 0 atom stereocenters. The standard InChI is InChI=1S/C31H42N2O6SSi/c1-21-24(37-5)17-23(18-25(21)38-6)29(34)33(16-12-15-22-13-10-9-11-14-22)19-27-32-28(30(35)36)26(40-27)20-39-41(7,8)31(2,3)4/h9-11,13-14,17-18H,12,15-16,19-20H2,1-8H3,(H,35,36)/q-1. The number of rotatable bonds is 13. The molecule has 10 heteroatoms. The zero-order valence-electron chi connectivity index (χ0n) is 25.4. The van der Waals surface area contributed by atoms with Gasteiger partial charge in [0.15, 0.2) is 5.69 Å². The first-order chi connectivity index (χ1) is 19.3. The molecule has 1 heterocycles. The number of amides is 1. The van der Waals surface area contributed by atoms with Gasteiger partial charge in [-0.05, 0) is 45.8 Å². The molecular weight excluding hydrogens is 557 g/mol. The molecule has 2 aromatic carbocycles. The van der Waals surface area contributed by atoms with E-state index in [1.807, 2.05) is 25.1 Å². The number of carbonyl (C=O) groups excluding carboxylic acids is 1. The van der Waals surface area contributed by atoms with Gasteiger partial charge in [-0.15, -0.1) is 29.5 Å². The second-order valence-electron chi connectivity index (χ2n) is 11.6. The number of benzene rings is 2. The van der Waals surface area contributed by atoms with Crippen LogP contribution in [0.1, 0.15) is 69.1 Å². The minimum Gasteiger partial charge on any atom is -0.561 e. The molecule has 3 rings (SSSR count). The molecule has 0 saturated heterocycles. The maximum atomic E-state index is 13.9. The molecule has 1 amide bonds. The minimum absolute atomic E-state index is 0.0119. The largest absolute Gasteiger partial charge is 0.561 e. The van der Waals surface area contributed by atoms with Crippen molar-refractivity contribution in [3.63, 3.8) is 0 Å². The zero-order valence-corrected chi connectivity index (χ0v) is 27.2. The average molecular weight is 599 g/mol. The Morgan fingerprint density at radius 3 is 2.20 bits per heavy atom. The number of ether oxygens (including phenoxy) is 2. The van der Waals surface area contributed by atoms with E-state index < -0.39 is 14.3 Å². The fraction of sp³-hybridized carbons (Fsp3) is 0.452. The Morgan fingerprint density at radius 2 is 1.66 bits per heavy atom. The molecule has 8 nitrogen and oxygen atoms in total. The van der Waals surface area contributed by atoms with Crippen LogP contribution in [0.2, 0.25) is 18.1 Å². The van der Waals surface area contributed by atoms with Crippen LogP contribution in [0, 0.1) is 6.92 Å². The number of methoxy groups -OCH3 is 2. The summed E-state index contributed by atoms with van der Waals surface area (Å²) in [4.78, 5) is 32.7. The first kappa shape index (κ1) is 32.3. The minimum atomic E-state index is -2.11. The van der Waals surface area contributed by atoms with Crippen molar-refractivity contribution < 1.29 is 28.6 Å². The molecule has 0 saturated carbocycles. The highest BCUT2D eigenvalue weighted by Gasteiger charge is 2.27. The van der Waals surface area contributed by atoms with Gasteiger partial charge in [-0.25, -0.2) is 9.78 Å². The first-order valence-electron chi connectivity index (χ1n) is 13.7. The number of carboxylic acids is 1. The van der Waals surface area contributed by atoms with E-state index in [2.05, 4.69) is 51.0 Å². The third-order valence-corrected chi connectivity index (χ3v) is 13.2. The van der Waals surface area contributed by atoms with Gasteiger partial charge in [0.25, 0.3) is 5.91 Å². The topological polar surface area (TPSA) is 98.2 Å². The second-order valence-corrected chi connectivity index (χ2v) is 17.5. The number of thiazole rings is 1. The van der Waals surface area contributed by atoms with Gasteiger partial charge in [0.05, 0.1) is 25.6 Å². The third-order valence-electron chi connectivity index (χ3n) is 7.66. The Morgan fingerprint density at radius 1 is 1.05 bits per heavy atom. The molecule has 0 aliphatic carbocycles. The van der Waals surface area contributed by atoms with Crippen LogP contribution in [0.5, 0.6) is 11.5 Å². The van der Waals surface area contributed by atoms with Crippen molar-refractivity contribution in [1.82, 2.24) is 9.88 Å². The van der Waals surface area contributed by atoms with Crippen molar-refractivity contribution in [2.24, 2.45) is 0 Å². The average Bonchev–Trinajstić information content (AvgIpc) is 3.34. The summed E-state index contributed by atoms with van der Waals surface area (Å²) in [5.74, 6) is -0.189. The smallest absolute Gasteiger partial charge is 0.355 e. The summed E-state index contributed by atoms with van der Waals surface area (Å²) >= 11 is 1.29. The molecule has 1 N–H and O–H groups in total. The normalized spacial score (nSPS) is 11.8. The highest BCUT2D eigenvalue weighted by molar-refractivity contribution is 7.11. The number of carbonyl (C=O) groups is 2. The Hall–Kier alpha value is -3.21. The number of aryl methyl sites for hydroxylation is 1. The molecular formula is C31H42N2O6SSi-. The zero-order chi connectivity index (χ0) is 30.4. The SMILES string of the molecule is COc1cc(C(=O)N(CCCc2ccccc2)Cc2nc(C(=O)O)c(CO[Si-](C)(C)C(C)(C)C)s2)cc(OC)c1C. The summed E-state index contributed by atoms with van der Waals surface area (Å²) < 4.78 is 17.3. The maximum absolute atomic E-state index is 13.9. The molecule has 0 radical (unpaired) electrons. The number of aromatic nitrogens is 1. The molecule has 0 fully saturated rings. The van der Waals surface area contributed by atoms with Crippen LogP contribution >= 0.6 is 11.3 Å². The molecule has 1 aromatic heterocycles. The van der Waals surface area contributed by atoms with Gasteiger partial charge in [0.1, 0.15) is 16.5 Å². The number of carboxylic acid groups (broad SMARTS) is 1. The predicted octanol–water partition coefficient (Wildman–Crippen LogP) is 6.96. The fourth-order valence-electron chi connectivity index (χ4n) is 4.12. The summed E-state index contributed by atoms with van der Waals surface area (Å²) in [5.41, 5.74) is 2.41. The molecule has 0 aliphatic rings. The summed E-state index contributed by atoms with van der Waals surface area (Å²) in [6.07, 6.45) is 1.53. The third kappa shape index (κ3) is 8.18. The lowest BCUT2D eigenvalue weighted by atomic mass is 10.1. The lowest BCUT2D eigenvalue weighted by Gasteiger charge is -2.48. The second kappa shape index (κ2) is 13.6. The molecule has 3 aromatic rings. The Balaban J connectivity index is 1.91. The van der Waals surface area contributed by atoms with Gasteiger partial charge < -0.3 is 23.9 Å². The highest BCUT2D eigenvalue weighted by Crippen LogP contribution is 2.38. The van der Waals surface area contributed by atoms with Gasteiger partial charge in [-0.2, -0.15) is 0 Å².